The van der Waals surface area contributed by atoms with Gasteiger partial charge in [0.05, 0.1) is 10.6 Å². The van der Waals surface area contributed by atoms with Crippen LogP contribution in [0.15, 0.2) is 71.9 Å². The smallest absolute Gasteiger partial charge is 0.240 e. The highest BCUT2D eigenvalue weighted by molar-refractivity contribution is 7.89. The fourth-order valence-electron chi connectivity index (χ4n) is 2.37. The number of aromatic nitrogens is 2. The van der Waals surface area contributed by atoms with Gasteiger partial charge in [0.2, 0.25) is 10.0 Å². The summed E-state index contributed by atoms with van der Waals surface area (Å²) in [5, 5.41) is 4.12. The maximum atomic E-state index is 12.3. The monoisotopic (exact) mass is 341 g/mol. The van der Waals surface area contributed by atoms with E-state index in [9.17, 15) is 8.42 Å². The lowest BCUT2D eigenvalue weighted by Crippen LogP contribution is -2.26. The summed E-state index contributed by atoms with van der Waals surface area (Å²) in [7, 11) is -3.50. The molecule has 0 spiro atoms. The van der Waals surface area contributed by atoms with Gasteiger partial charge in [0.15, 0.2) is 0 Å². The van der Waals surface area contributed by atoms with Crippen LogP contribution in [0.4, 0.5) is 0 Å². The summed E-state index contributed by atoms with van der Waals surface area (Å²) in [6.45, 7) is 2.39. The third kappa shape index (κ3) is 3.90. The van der Waals surface area contributed by atoms with Crippen LogP contribution in [-0.4, -0.2) is 24.7 Å². The molecule has 124 valence electrons. The molecule has 0 aliphatic rings. The predicted molar refractivity (Wildman–Crippen MR) is 93.6 cm³/mol. The Morgan fingerprint density at radius 1 is 1.04 bits per heavy atom. The van der Waals surface area contributed by atoms with E-state index in [-0.39, 0.29) is 4.90 Å². The molecule has 24 heavy (non-hydrogen) atoms. The second-order valence-electron chi connectivity index (χ2n) is 5.58. The molecule has 0 bridgehead atoms. The normalized spacial score (nSPS) is 11.5. The van der Waals surface area contributed by atoms with E-state index < -0.39 is 10.0 Å². The summed E-state index contributed by atoms with van der Waals surface area (Å²) in [5.74, 6) is 0. The molecule has 0 fully saturated rings. The lowest BCUT2D eigenvalue weighted by molar-refractivity contribution is 0.581. The van der Waals surface area contributed by atoms with Gasteiger partial charge in [-0.2, -0.15) is 5.10 Å². The van der Waals surface area contributed by atoms with Gasteiger partial charge in [-0.3, -0.25) is 0 Å². The molecule has 6 heteroatoms. The van der Waals surface area contributed by atoms with Crippen LogP contribution < -0.4 is 4.72 Å². The number of hydrogen-bond acceptors (Lipinski definition) is 3. The number of sulfonamides is 1. The van der Waals surface area contributed by atoms with Gasteiger partial charge in [0.1, 0.15) is 0 Å². The molecule has 0 amide bonds. The molecule has 0 saturated carbocycles. The van der Waals surface area contributed by atoms with Crippen molar-refractivity contribution >= 4 is 10.0 Å². The highest BCUT2D eigenvalue weighted by Crippen LogP contribution is 2.13. The topological polar surface area (TPSA) is 64.0 Å². The molecule has 1 heterocycles. The molecular formula is C18H19N3O2S. The van der Waals surface area contributed by atoms with Gasteiger partial charge in [0.25, 0.3) is 0 Å². The molecule has 0 radical (unpaired) electrons. The van der Waals surface area contributed by atoms with Crippen LogP contribution in [0, 0.1) is 6.92 Å². The minimum Gasteiger partial charge on any atom is -0.241 e. The fraction of sp³-hybridized carbons (Fsp3) is 0.167. The fourth-order valence-corrected chi connectivity index (χ4v) is 3.40. The Morgan fingerprint density at radius 3 is 2.38 bits per heavy atom. The molecule has 1 N–H and O–H groups in total. The molecule has 1 aromatic heterocycles. The van der Waals surface area contributed by atoms with Crippen molar-refractivity contribution in [3.05, 3.63) is 78.1 Å². The van der Waals surface area contributed by atoms with Crippen molar-refractivity contribution in [2.75, 3.05) is 6.54 Å². The van der Waals surface area contributed by atoms with Gasteiger partial charge < -0.3 is 0 Å². The molecule has 0 atom stereocenters. The van der Waals surface area contributed by atoms with E-state index in [1.54, 1.807) is 35.1 Å². The molecule has 3 rings (SSSR count). The molecule has 0 aliphatic heterocycles. The summed E-state index contributed by atoms with van der Waals surface area (Å²) >= 11 is 0. The van der Waals surface area contributed by atoms with E-state index in [4.69, 9.17) is 0 Å². The van der Waals surface area contributed by atoms with Crippen LogP contribution in [0.2, 0.25) is 0 Å². The molecule has 3 aromatic rings. The minimum atomic E-state index is -3.50. The summed E-state index contributed by atoms with van der Waals surface area (Å²) in [5.41, 5.74) is 3.12. The number of hydrogen-bond donors (Lipinski definition) is 1. The van der Waals surface area contributed by atoms with Crippen LogP contribution in [0.5, 0.6) is 0 Å². The van der Waals surface area contributed by atoms with E-state index >= 15 is 0 Å². The summed E-state index contributed by atoms with van der Waals surface area (Å²) < 4.78 is 29.0. The first-order valence-electron chi connectivity index (χ1n) is 7.70. The summed E-state index contributed by atoms with van der Waals surface area (Å²) in [4.78, 5) is 0.252. The largest absolute Gasteiger partial charge is 0.241 e. The second kappa shape index (κ2) is 6.98. The third-order valence-corrected chi connectivity index (χ3v) is 5.22. The van der Waals surface area contributed by atoms with Crippen molar-refractivity contribution in [2.24, 2.45) is 0 Å². The molecule has 2 aromatic carbocycles. The summed E-state index contributed by atoms with van der Waals surface area (Å²) in [6.07, 6.45) is 4.14. The molecule has 0 unspecified atom stereocenters. The maximum Gasteiger partial charge on any atom is 0.240 e. The predicted octanol–water partition coefficient (Wildman–Crippen LogP) is 2.70. The lowest BCUT2D eigenvalue weighted by atomic mass is 10.1. The van der Waals surface area contributed by atoms with Gasteiger partial charge in [-0.05, 0) is 49.2 Å². The first-order valence-corrected chi connectivity index (χ1v) is 9.18. The zero-order chi connectivity index (χ0) is 17.0. The number of benzene rings is 2. The Balaban J connectivity index is 1.63. The lowest BCUT2D eigenvalue weighted by Gasteiger charge is -2.08. The first kappa shape index (κ1) is 16.4. The highest BCUT2D eigenvalue weighted by atomic mass is 32.2. The van der Waals surface area contributed by atoms with Crippen molar-refractivity contribution < 1.29 is 8.42 Å². The molecule has 5 nitrogen and oxygen atoms in total. The number of nitrogens with zero attached hydrogens (tertiary/aromatic N) is 2. The average molecular weight is 341 g/mol. The van der Waals surface area contributed by atoms with Crippen molar-refractivity contribution in [2.45, 2.75) is 18.2 Å². The second-order valence-corrected chi connectivity index (χ2v) is 7.34. The number of rotatable bonds is 6. The van der Waals surface area contributed by atoms with E-state index in [1.807, 2.05) is 43.5 Å². The van der Waals surface area contributed by atoms with Crippen LogP contribution in [0.3, 0.4) is 0 Å². The Kier molecular flexibility index (Phi) is 4.78. The number of nitrogens with one attached hydrogen (secondary N) is 1. The molecule has 0 saturated heterocycles. The average Bonchev–Trinajstić information content (AvgIpc) is 3.11. The van der Waals surface area contributed by atoms with Crippen molar-refractivity contribution in [1.29, 1.82) is 0 Å². The Hall–Kier alpha value is -2.44. The molecule has 0 aliphatic carbocycles. The van der Waals surface area contributed by atoms with E-state index in [1.165, 1.54) is 5.56 Å². The molecular weight excluding hydrogens is 322 g/mol. The zero-order valence-corrected chi connectivity index (χ0v) is 14.2. The van der Waals surface area contributed by atoms with Gasteiger partial charge in [-0.15, -0.1) is 0 Å². The van der Waals surface area contributed by atoms with Gasteiger partial charge in [0, 0.05) is 18.9 Å². The van der Waals surface area contributed by atoms with Gasteiger partial charge in [-0.25, -0.2) is 17.8 Å². The third-order valence-electron chi connectivity index (χ3n) is 3.74. The first-order chi connectivity index (χ1) is 11.5. The Bertz CT molecular complexity index is 884. The van der Waals surface area contributed by atoms with E-state index in [0.29, 0.717) is 13.0 Å². The van der Waals surface area contributed by atoms with Crippen LogP contribution in [0.1, 0.15) is 11.1 Å². The summed E-state index contributed by atoms with van der Waals surface area (Å²) in [6, 6.07) is 16.6. The van der Waals surface area contributed by atoms with Crippen molar-refractivity contribution in [3.63, 3.8) is 0 Å². The zero-order valence-electron chi connectivity index (χ0n) is 13.4. The highest BCUT2D eigenvalue weighted by Gasteiger charge is 2.13. The van der Waals surface area contributed by atoms with Crippen LogP contribution in [0.25, 0.3) is 5.69 Å². The van der Waals surface area contributed by atoms with E-state index in [2.05, 4.69) is 9.82 Å². The van der Waals surface area contributed by atoms with Crippen LogP contribution in [-0.2, 0) is 16.4 Å². The van der Waals surface area contributed by atoms with Gasteiger partial charge >= 0.3 is 0 Å². The van der Waals surface area contributed by atoms with E-state index in [0.717, 1.165) is 11.3 Å². The Labute approximate surface area is 142 Å². The van der Waals surface area contributed by atoms with Crippen molar-refractivity contribution in [1.82, 2.24) is 14.5 Å². The van der Waals surface area contributed by atoms with Crippen LogP contribution >= 0.6 is 0 Å². The Morgan fingerprint density at radius 2 is 1.75 bits per heavy atom. The minimum absolute atomic E-state index is 0.252. The van der Waals surface area contributed by atoms with Crippen molar-refractivity contribution in [3.8, 4) is 5.69 Å². The van der Waals surface area contributed by atoms with Gasteiger partial charge in [-0.1, -0.05) is 29.8 Å². The quantitative estimate of drug-likeness (QED) is 0.750. The number of aryl methyl sites for hydroxylation is 1. The maximum absolute atomic E-state index is 12.3. The SMILES string of the molecule is Cc1ccc(CCNS(=O)(=O)c2ccc(-n3cccn3)cc2)cc1. The standard InChI is InChI=1S/C18H19N3O2S/c1-15-3-5-16(6-4-15)11-13-20-24(22,23)18-9-7-17(8-10-18)21-14-2-12-19-21/h2-10,12,14,20H,11,13H2,1H3.